The molecule has 0 aliphatic carbocycles. The average Bonchev–Trinajstić information content (AvgIpc) is 3.21. The molecule has 0 bridgehead atoms. The van der Waals surface area contributed by atoms with Gasteiger partial charge in [-0.05, 0) is 13.0 Å². The molecule has 26 heavy (non-hydrogen) atoms. The molecule has 0 radical (unpaired) electrons. The van der Waals surface area contributed by atoms with E-state index in [1.54, 1.807) is 17.4 Å². The van der Waals surface area contributed by atoms with E-state index in [9.17, 15) is 10.1 Å². The summed E-state index contributed by atoms with van der Waals surface area (Å²) >= 11 is 0. The van der Waals surface area contributed by atoms with Gasteiger partial charge in [-0.25, -0.2) is 4.98 Å². The molecule has 1 aliphatic heterocycles. The van der Waals surface area contributed by atoms with Gasteiger partial charge in [-0.3, -0.25) is 9.78 Å². The topological polar surface area (TPSA) is 96.1 Å². The number of nitrogens with zero attached hydrogens (tertiary/aromatic N) is 5. The Kier molecular flexibility index (Phi) is 5.19. The van der Waals surface area contributed by atoms with Crippen LogP contribution in [0.2, 0.25) is 0 Å². The van der Waals surface area contributed by atoms with Gasteiger partial charge in [0.15, 0.2) is 0 Å². The number of likely N-dealkylation sites (tertiary alicyclic amines) is 1. The Hall–Kier alpha value is -2.92. The Morgan fingerprint density at radius 3 is 2.92 bits per heavy atom. The van der Waals surface area contributed by atoms with Crippen molar-refractivity contribution in [3.8, 4) is 6.07 Å². The molecule has 3 heterocycles. The number of methoxy groups -OCH3 is 1. The van der Waals surface area contributed by atoms with E-state index >= 15 is 0 Å². The number of hydrogen-bond acceptors (Lipinski definition) is 6. The Morgan fingerprint density at radius 2 is 2.27 bits per heavy atom. The molecule has 2 atom stereocenters. The number of imidazole rings is 1. The number of carbonyl (C=O) groups excluding carboxylic acids is 1. The predicted molar refractivity (Wildman–Crippen MR) is 95.5 cm³/mol. The van der Waals surface area contributed by atoms with Gasteiger partial charge in [0.1, 0.15) is 12.7 Å². The van der Waals surface area contributed by atoms with Gasteiger partial charge in [-0.15, -0.1) is 0 Å². The van der Waals surface area contributed by atoms with Crippen LogP contribution in [0.3, 0.4) is 0 Å². The van der Waals surface area contributed by atoms with E-state index in [-0.39, 0.29) is 24.5 Å². The normalized spacial score (nSPS) is 19.4. The number of hydrogen-bond donors (Lipinski definition) is 1. The van der Waals surface area contributed by atoms with Crippen molar-refractivity contribution in [3.63, 3.8) is 0 Å². The van der Waals surface area contributed by atoms with Crippen LogP contribution in [0.15, 0.2) is 24.8 Å². The molecule has 8 heteroatoms. The fourth-order valence-electron chi connectivity index (χ4n) is 3.26. The van der Waals surface area contributed by atoms with Gasteiger partial charge in [0.05, 0.1) is 29.3 Å². The van der Waals surface area contributed by atoms with Crippen LogP contribution in [0.4, 0.5) is 5.69 Å². The summed E-state index contributed by atoms with van der Waals surface area (Å²) in [6.07, 6.45) is 5.28. The van der Waals surface area contributed by atoms with Crippen molar-refractivity contribution >= 4 is 11.6 Å². The standard InChI is InChI=1S/C18H22N6O2/c1-12-4-15(13(5-19)6-20-12)22-17-9-24(18(25)10-26-3)7-14(17)16-8-23(2)11-21-16/h4,6,8,11,14,17H,7,9-10H2,1-3H3,(H,20,22)/t14-,17+/m0/s1. The summed E-state index contributed by atoms with van der Waals surface area (Å²) in [6.45, 7) is 3.02. The minimum absolute atomic E-state index is 0.0250. The first-order valence-corrected chi connectivity index (χ1v) is 8.39. The fourth-order valence-corrected chi connectivity index (χ4v) is 3.26. The third kappa shape index (κ3) is 3.68. The smallest absolute Gasteiger partial charge is 0.248 e. The second kappa shape index (κ2) is 7.54. The maximum absolute atomic E-state index is 12.3. The van der Waals surface area contributed by atoms with E-state index in [0.717, 1.165) is 17.1 Å². The third-order valence-electron chi connectivity index (χ3n) is 4.55. The summed E-state index contributed by atoms with van der Waals surface area (Å²) < 4.78 is 6.88. The van der Waals surface area contributed by atoms with Crippen LogP contribution in [0.5, 0.6) is 0 Å². The average molecular weight is 354 g/mol. The zero-order chi connectivity index (χ0) is 18.7. The second-order valence-corrected chi connectivity index (χ2v) is 6.54. The molecule has 0 spiro atoms. The number of pyridine rings is 1. The number of ether oxygens (including phenoxy) is 1. The second-order valence-electron chi connectivity index (χ2n) is 6.54. The van der Waals surface area contributed by atoms with Crippen LogP contribution in [-0.4, -0.2) is 58.2 Å². The van der Waals surface area contributed by atoms with E-state index in [1.165, 1.54) is 7.11 Å². The lowest BCUT2D eigenvalue weighted by atomic mass is 9.99. The van der Waals surface area contributed by atoms with Crippen LogP contribution in [0, 0.1) is 18.3 Å². The Labute approximate surface area is 152 Å². The van der Waals surface area contributed by atoms with Crippen LogP contribution >= 0.6 is 0 Å². The Balaban J connectivity index is 1.88. The highest BCUT2D eigenvalue weighted by molar-refractivity contribution is 5.78. The first kappa shape index (κ1) is 17.9. The molecule has 1 saturated heterocycles. The fraction of sp³-hybridized carbons (Fsp3) is 0.444. The van der Waals surface area contributed by atoms with Gasteiger partial charge in [0.25, 0.3) is 0 Å². The van der Waals surface area contributed by atoms with Crippen molar-refractivity contribution in [1.82, 2.24) is 19.4 Å². The molecule has 1 N–H and O–H groups in total. The first-order valence-electron chi connectivity index (χ1n) is 8.39. The Bertz CT molecular complexity index is 840. The highest BCUT2D eigenvalue weighted by Crippen LogP contribution is 2.30. The molecular formula is C18H22N6O2. The molecular weight excluding hydrogens is 332 g/mol. The van der Waals surface area contributed by atoms with Crippen LogP contribution in [-0.2, 0) is 16.6 Å². The molecule has 2 aromatic rings. The predicted octanol–water partition coefficient (Wildman–Crippen LogP) is 1.05. The molecule has 0 aromatic carbocycles. The van der Waals surface area contributed by atoms with E-state index in [0.29, 0.717) is 18.7 Å². The van der Waals surface area contributed by atoms with Crippen molar-refractivity contribution in [2.75, 3.05) is 32.1 Å². The van der Waals surface area contributed by atoms with E-state index in [2.05, 4.69) is 21.4 Å². The zero-order valence-electron chi connectivity index (χ0n) is 15.1. The van der Waals surface area contributed by atoms with Crippen molar-refractivity contribution in [2.24, 2.45) is 7.05 Å². The van der Waals surface area contributed by atoms with Gasteiger partial charge in [0, 0.05) is 51.3 Å². The first-order chi connectivity index (χ1) is 12.5. The van der Waals surface area contributed by atoms with Gasteiger partial charge >= 0.3 is 0 Å². The van der Waals surface area contributed by atoms with Crippen molar-refractivity contribution in [1.29, 1.82) is 5.26 Å². The summed E-state index contributed by atoms with van der Waals surface area (Å²) in [5.41, 5.74) is 2.96. The number of nitriles is 1. The lowest BCUT2D eigenvalue weighted by molar-refractivity contribution is -0.134. The Morgan fingerprint density at radius 1 is 1.46 bits per heavy atom. The monoisotopic (exact) mass is 354 g/mol. The summed E-state index contributed by atoms with van der Waals surface area (Å²) in [5.74, 6) is -0.0267. The minimum atomic E-state index is -0.0559. The highest BCUT2D eigenvalue weighted by Gasteiger charge is 2.37. The number of carbonyl (C=O) groups is 1. The number of rotatable bonds is 5. The van der Waals surface area contributed by atoms with Gasteiger partial charge < -0.3 is 19.5 Å². The van der Waals surface area contributed by atoms with Gasteiger partial charge in [0.2, 0.25) is 5.91 Å². The van der Waals surface area contributed by atoms with Crippen molar-refractivity contribution in [3.05, 3.63) is 41.7 Å². The maximum Gasteiger partial charge on any atom is 0.248 e. The summed E-state index contributed by atoms with van der Waals surface area (Å²) in [5, 5.41) is 12.8. The molecule has 0 unspecified atom stereocenters. The van der Waals surface area contributed by atoms with E-state index < -0.39 is 0 Å². The van der Waals surface area contributed by atoms with E-state index in [1.807, 2.05) is 30.8 Å². The van der Waals surface area contributed by atoms with Gasteiger partial charge in [-0.1, -0.05) is 0 Å². The van der Waals surface area contributed by atoms with Crippen molar-refractivity contribution in [2.45, 2.75) is 18.9 Å². The number of aromatic nitrogens is 3. The molecule has 3 rings (SSSR count). The molecule has 8 nitrogen and oxygen atoms in total. The minimum Gasteiger partial charge on any atom is -0.379 e. The van der Waals surface area contributed by atoms with Gasteiger partial charge in [-0.2, -0.15) is 5.26 Å². The summed E-state index contributed by atoms with van der Waals surface area (Å²) in [7, 11) is 3.43. The lowest BCUT2D eigenvalue weighted by Gasteiger charge is -2.20. The number of aryl methyl sites for hydroxylation is 2. The highest BCUT2D eigenvalue weighted by atomic mass is 16.5. The quantitative estimate of drug-likeness (QED) is 0.862. The summed E-state index contributed by atoms with van der Waals surface area (Å²) in [4.78, 5) is 22.7. The molecule has 1 amide bonds. The van der Waals surface area contributed by atoms with Crippen LogP contribution in [0.25, 0.3) is 0 Å². The van der Waals surface area contributed by atoms with Crippen LogP contribution < -0.4 is 5.32 Å². The molecule has 2 aromatic heterocycles. The molecule has 1 fully saturated rings. The lowest BCUT2D eigenvalue weighted by Crippen LogP contribution is -2.34. The third-order valence-corrected chi connectivity index (χ3v) is 4.55. The SMILES string of the molecule is COCC(=O)N1C[C@@H](Nc2cc(C)ncc2C#N)[C@H](c2cn(C)cn2)C1. The van der Waals surface area contributed by atoms with Crippen molar-refractivity contribution < 1.29 is 9.53 Å². The van der Waals surface area contributed by atoms with Crippen LogP contribution in [0.1, 0.15) is 22.9 Å². The number of anilines is 1. The number of nitrogens with one attached hydrogen (secondary N) is 1. The number of amides is 1. The largest absolute Gasteiger partial charge is 0.379 e. The molecule has 1 aliphatic rings. The zero-order valence-corrected chi connectivity index (χ0v) is 15.1. The molecule has 136 valence electrons. The maximum atomic E-state index is 12.3. The molecule has 0 saturated carbocycles. The van der Waals surface area contributed by atoms with E-state index in [4.69, 9.17) is 4.74 Å². The summed E-state index contributed by atoms with van der Waals surface area (Å²) in [6, 6.07) is 3.96.